The number of esters is 3. The molecule has 0 spiro atoms. The molecule has 1 heterocycles. The lowest BCUT2D eigenvalue weighted by Gasteiger charge is -2.40. The van der Waals surface area contributed by atoms with Crippen molar-refractivity contribution in [1.29, 1.82) is 0 Å². The van der Waals surface area contributed by atoms with Crippen molar-refractivity contribution >= 4 is 17.9 Å². The highest BCUT2D eigenvalue weighted by atomic mass is 79.9. The van der Waals surface area contributed by atoms with E-state index in [4.69, 9.17) is 23.7 Å². The monoisotopic (exact) mass is 511 g/mol. The van der Waals surface area contributed by atoms with Crippen molar-refractivity contribution in [2.45, 2.75) is 96.7 Å². The van der Waals surface area contributed by atoms with Gasteiger partial charge in [0.15, 0.2) is 24.6 Å². The van der Waals surface area contributed by atoms with Gasteiger partial charge < -0.3 is 46.4 Å². The molecule has 0 aliphatic carbocycles. The number of carbonyl (C=O) groups is 3. The van der Waals surface area contributed by atoms with Crippen molar-refractivity contribution in [3.8, 4) is 0 Å². The average Bonchev–Trinajstić information content (AvgIpc) is 2.69. The number of unbranched alkanes of at least 4 members (excludes halogenated alkanes) is 1. The predicted octanol–water partition coefficient (Wildman–Crippen LogP) is -1.48. The van der Waals surface area contributed by atoms with E-state index in [9.17, 15) is 14.4 Å². The molecule has 0 saturated carbocycles. The molecule has 0 unspecified atom stereocenters. The minimum atomic E-state index is -1.02. The SMILES string of the molecule is CCCC(=O)O[C@@H]1[C@@H](OC(=O)CCC)[C@H](OCCCC[NH3+])OC[C@@H]1OC(=O)CCC.[Br-]. The molecule has 0 bridgehead atoms. The Labute approximate surface area is 195 Å². The van der Waals surface area contributed by atoms with Gasteiger partial charge in [0, 0.05) is 19.3 Å². The quantitative estimate of drug-likeness (QED) is 0.170. The van der Waals surface area contributed by atoms with Crippen LogP contribution in [0.2, 0.25) is 0 Å². The maximum absolute atomic E-state index is 12.2. The minimum Gasteiger partial charge on any atom is -1.00 e. The number of hydrogen-bond donors (Lipinski definition) is 1. The molecule has 1 aliphatic rings. The van der Waals surface area contributed by atoms with E-state index in [0.29, 0.717) is 25.9 Å². The van der Waals surface area contributed by atoms with Crippen molar-refractivity contribution in [3.05, 3.63) is 0 Å². The van der Waals surface area contributed by atoms with Crippen LogP contribution in [-0.2, 0) is 38.1 Å². The van der Waals surface area contributed by atoms with Gasteiger partial charge in [-0.3, -0.25) is 14.4 Å². The largest absolute Gasteiger partial charge is 1.00 e. The first kappa shape index (κ1) is 29.8. The van der Waals surface area contributed by atoms with E-state index < -0.39 is 42.5 Å². The van der Waals surface area contributed by atoms with Gasteiger partial charge in [-0.2, -0.15) is 0 Å². The molecule has 9 nitrogen and oxygen atoms in total. The van der Waals surface area contributed by atoms with Crippen LogP contribution in [0, 0.1) is 0 Å². The maximum Gasteiger partial charge on any atom is 0.306 e. The van der Waals surface area contributed by atoms with E-state index in [1.54, 1.807) is 0 Å². The lowest BCUT2D eigenvalue weighted by atomic mass is 10.0. The normalized spacial score (nSPS) is 22.8. The third-order valence-electron chi connectivity index (χ3n) is 4.49. The standard InChI is InChI=1S/C21H37NO8.BrH/c1-4-9-16(23)28-15-14-27-21(26-13-8-7-12-22)20(30-18(25)11-6-3)19(15)29-17(24)10-5-2;/h15,19-21H,4-14,22H2,1-3H3;1H/t15-,19-,20+,21+;/m0./s1. The number of ether oxygens (including phenoxy) is 5. The Hall–Kier alpha value is -1.23. The maximum atomic E-state index is 12.2. The second-order valence-corrected chi connectivity index (χ2v) is 7.32. The van der Waals surface area contributed by atoms with E-state index in [1.165, 1.54) is 0 Å². The zero-order valence-electron chi connectivity index (χ0n) is 18.9. The van der Waals surface area contributed by atoms with Crippen molar-refractivity contribution in [1.82, 2.24) is 0 Å². The fourth-order valence-electron chi connectivity index (χ4n) is 3.00. The van der Waals surface area contributed by atoms with E-state index in [1.807, 2.05) is 20.8 Å². The fourth-order valence-corrected chi connectivity index (χ4v) is 3.00. The molecule has 4 atom stereocenters. The van der Waals surface area contributed by atoms with Gasteiger partial charge in [0.2, 0.25) is 0 Å². The molecule has 1 fully saturated rings. The average molecular weight is 512 g/mol. The number of rotatable bonds is 14. The van der Waals surface area contributed by atoms with Gasteiger partial charge in [0.1, 0.15) is 0 Å². The van der Waals surface area contributed by atoms with Gasteiger partial charge in [-0.25, -0.2) is 0 Å². The van der Waals surface area contributed by atoms with Crippen molar-refractivity contribution in [2.75, 3.05) is 19.8 Å². The van der Waals surface area contributed by atoms with Crippen molar-refractivity contribution in [2.24, 2.45) is 0 Å². The highest BCUT2D eigenvalue weighted by Gasteiger charge is 2.48. The summed E-state index contributed by atoms with van der Waals surface area (Å²) in [6.07, 6.45) is 0.364. The Morgan fingerprint density at radius 2 is 1.35 bits per heavy atom. The number of halogens is 1. The Bertz CT molecular complexity index is 534. The summed E-state index contributed by atoms with van der Waals surface area (Å²) >= 11 is 0. The molecule has 1 rings (SSSR count). The molecule has 3 N–H and O–H groups in total. The first-order valence-corrected chi connectivity index (χ1v) is 11.1. The van der Waals surface area contributed by atoms with Crippen LogP contribution in [-0.4, -0.2) is 62.3 Å². The number of hydrogen-bond acceptors (Lipinski definition) is 8. The molecule has 0 aromatic rings. The molecule has 0 aromatic carbocycles. The summed E-state index contributed by atoms with van der Waals surface area (Å²) in [5.41, 5.74) is 3.80. The van der Waals surface area contributed by atoms with Crippen LogP contribution in [0.15, 0.2) is 0 Å². The van der Waals surface area contributed by atoms with Crippen LogP contribution >= 0.6 is 0 Å². The molecule has 0 amide bonds. The molecular weight excluding hydrogens is 474 g/mol. The van der Waals surface area contributed by atoms with Gasteiger partial charge in [-0.15, -0.1) is 0 Å². The summed E-state index contributed by atoms with van der Waals surface area (Å²) in [5, 5.41) is 0. The molecule has 182 valence electrons. The fraction of sp³-hybridized carbons (Fsp3) is 0.857. The third-order valence-corrected chi connectivity index (χ3v) is 4.49. The molecule has 31 heavy (non-hydrogen) atoms. The van der Waals surface area contributed by atoms with E-state index in [0.717, 1.165) is 19.4 Å². The second-order valence-electron chi connectivity index (χ2n) is 7.32. The Morgan fingerprint density at radius 1 is 0.839 bits per heavy atom. The van der Waals surface area contributed by atoms with Crippen LogP contribution in [0.1, 0.15) is 72.1 Å². The van der Waals surface area contributed by atoms with Gasteiger partial charge in [-0.1, -0.05) is 20.8 Å². The van der Waals surface area contributed by atoms with E-state index >= 15 is 0 Å². The summed E-state index contributed by atoms with van der Waals surface area (Å²) in [6.45, 7) is 6.74. The lowest BCUT2D eigenvalue weighted by Crippen LogP contribution is -3.00. The predicted molar refractivity (Wildman–Crippen MR) is 107 cm³/mol. The van der Waals surface area contributed by atoms with Crippen molar-refractivity contribution < 1.29 is 60.8 Å². The Kier molecular flexibility index (Phi) is 16.7. The highest BCUT2D eigenvalue weighted by molar-refractivity contribution is 5.71. The molecule has 0 radical (unpaired) electrons. The van der Waals surface area contributed by atoms with E-state index in [2.05, 4.69) is 5.73 Å². The molecule has 1 saturated heterocycles. The molecule has 0 aromatic heterocycles. The first-order valence-electron chi connectivity index (χ1n) is 11.1. The molecule has 10 heteroatoms. The summed E-state index contributed by atoms with van der Waals surface area (Å²) in [7, 11) is 0. The smallest absolute Gasteiger partial charge is 0.306 e. The minimum absolute atomic E-state index is 0. The summed E-state index contributed by atoms with van der Waals surface area (Å²) in [6, 6.07) is 0. The zero-order chi connectivity index (χ0) is 22.4. The second kappa shape index (κ2) is 17.3. The molecular formula is C21H38BrNO8. The van der Waals surface area contributed by atoms with Gasteiger partial charge in [-0.05, 0) is 32.1 Å². The van der Waals surface area contributed by atoms with Gasteiger partial charge >= 0.3 is 17.9 Å². The summed E-state index contributed by atoms with van der Waals surface area (Å²) in [5.74, 6) is -1.32. The Balaban J connectivity index is 0.00000900. The van der Waals surface area contributed by atoms with E-state index in [-0.39, 0.29) is 42.9 Å². The summed E-state index contributed by atoms with van der Waals surface area (Å²) < 4.78 is 28.2. The lowest BCUT2D eigenvalue weighted by molar-refractivity contribution is -0.369. The zero-order valence-corrected chi connectivity index (χ0v) is 20.5. The van der Waals surface area contributed by atoms with Crippen LogP contribution in [0.5, 0.6) is 0 Å². The Morgan fingerprint density at radius 3 is 1.87 bits per heavy atom. The van der Waals surface area contributed by atoms with Gasteiger partial charge in [0.25, 0.3) is 0 Å². The van der Waals surface area contributed by atoms with Crippen LogP contribution < -0.4 is 22.7 Å². The number of carbonyl (C=O) groups excluding carboxylic acids is 3. The van der Waals surface area contributed by atoms with Crippen LogP contribution in [0.3, 0.4) is 0 Å². The third kappa shape index (κ3) is 11.3. The number of quaternary nitrogens is 1. The summed E-state index contributed by atoms with van der Waals surface area (Å²) in [4.78, 5) is 36.5. The van der Waals surface area contributed by atoms with Crippen LogP contribution in [0.4, 0.5) is 0 Å². The highest BCUT2D eigenvalue weighted by Crippen LogP contribution is 2.26. The van der Waals surface area contributed by atoms with Crippen molar-refractivity contribution in [3.63, 3.8) is 0 Å². The first-order chi connectivity index (χ1) is 14.5. The van der Waals surface area contributed by atoms with Gasteiger partial charge in [0.05, 0.1) is 19.8 Å². The topological polar surface area (TPSA) is 125 Å². The van der Waals surface area contributed by atoms with Crippen LogP contribution in [0.25, 0.3) is 0 Å². The molecule has 1 aliphatic heterocycles.